The van der Waals surface area contributed by atoms with Crippen LogP contribution in [0.15, 0.2) is 24.7 Å². The summed E-state index contributed by atoms with van der Waals surface area (Å²) in [5.41, 5.74) is 0.452. The predicted molar refractivity (Wildman–Crippen MR) is 97.9 cm³/mol. The number of hydrogen-bond acceptors (Lipinski definition) is 5. The van der Waals surface area contributed by atoms with Gasteiger partial charge in [0.2, 0.25) is 0 Å². The molecule has 0 aliphatic carbocycles. The zero-order valence-electron chi connectivity index (χ0n) is 14.4. The van der Waals surface area contributed by atoms with Gasteiger partial charge in [0.1, 0.15) is 17.2 Å². The van der Waals surface area contributed by atoms with Gasteiger partial charge in [-0.1, -0.05) is 23.2 Å². The molecule has 0 spiro atoms. The lowest BCUT2D eigenvalue weighted by molar-refractivity contribution is 0.0704. The topological polar surface area (TPSA) is 76.3 Å². The van der Waals surface area contributed by atoms with E-state index < -0.39 is 6.43 Å². The Balaban J connectivity index is 1.66. The molecule has 146 valence electrons. The zero-order chi connectivity index (χ0) is 19.8. The van der Waals surface area contributed by atoms with Crippen molar-refractivity contribution in [2.24, 2.45) is 0 Å². The first-order chi connectivity index (χ1) is 13.4. The molecule has 0 aromatic carbocycles. The fourth-order valence-electron chi connectivity index (χ4n) is 3.41. The van der Waals surface area contributed by atoms with Gasteiger partial charge >= 0.3 is 0 Å². The molecule has 11 heteroatoms. The zero-order valence-corrected chi connectivity index (χ0v) is 15.9. The number of pyridine rings is 1. The van der Waals surface area contributed by atoms with E-state index >= 15 is 0 Å². The Labute approximate surface area is 168 Å². The number of amides is 1. The molecule has 0 N–H and O–H groups in total. The number of rotatable bonds is 3. The summed E-state index contributed by atoms with van der Waals surface area (Å²) in [6.45, 7) is 0.857. The summed E-state index contributed by atoms with van der Waals surface area (Å²) >= 11 is 12.0. The predicted octanol–water partition coefficient (Wildman–Crippen LogP) is 3.78. The standard InChI is InChI=1S/C17H14Cl2F2N6O/c18-11-6-22-14(19)4-10(11)16(28)26-3-1-2-9(7-26)13-5-12(15(20)21)25-17-23-8-24-27(13)17/h4-6,8-9,15H,1-3,7H2/t9-/m0/s1. The van der Waals surface area contributed by atoms with Crippen LogP contribution >= 0.6 is 23.2 Å². The second-order valence-electron chi connectivity index (χ2n) is 6.46. The third-order valence-corrected chi connectivity index (χ3v) is 5.21. The lowest BCUT2D eigenvalue weighted by Crippen LogP contribution is -2.39. The van der Waals surface area contributed by atoms with Crippen molar-refractivity contribution >= 4 is 34.9 Å². The molecule has 0 unspecified atom stereocenters. The molecule has 0 bridgehead atoms. The molecule has 1 amide bonds. The quantitative estimate of drug-likeness (QED) is 0.595. The molecule has 1 aliphatic rings. The number of nitrogens with zero attached hydrogens (tertiary/aromatic N) is 6. The van der Waals surface area contributed by atoms with Crippen LogP contribution in [-0.2, 0) is 0 Å². The number of piperidine rings is 1. The summed E-state index contributed by atoms with van der Waals surface area (Å²) in [5, 5.41) is 4.47. The molecule has 0 radical (unpaired) electrons. The van der Waals surface area contributed by atoms with Gasteiger partial charge in [0.05, 0.1) is 16.3 Å². The molecule has 1 atom stereocenters. The molecule has 4 heterocycles. The van der Waals surface area contributed by atoms with Crippen LogP contribution in [0.1, 0.15) is 46.9 Å². The Hall–Kier alpha value is -2.39. The molecular weight excluding hydrogens is 413 g/mol. The van der Waals surface area contributed by atoms with Crippen molar-refractivity contribution < 1.29 is 13.6 Å². The highest BCUT2D eigenvalue weighted by Gasteiger charge is 2.29. The number of fused-ring (bicyclic) bond motifs is 1. The molecule has 4 rings (SSSR count). The summed E-state index contributed by atoms with van der Waals surface area (Å²) in [4.78, 5) is 26.2. The Bertz CT molecular complexity index is 1040. The van der Waals surface area contributed by atoms with Crippen molar-refractivity contribution in [1.82, 2.24) is 29.5 Å². The van der Waals surface area contributed by atoms with E-state index in [4.69, 9.17) is 23.2 Å². The second kappa shape index (κ2) is 7.56. The second-order valence-corrected chi connectivity index (χ2v) is 7.25. The lowest BCUT2D eigenvalue weighted by Gasteiger charge is -2.33. The van der Waals surface area contributed by atoms with Gasteiger partial charge in [0, 0.05) is 25.2 Å². The molecule has 3 aromatic rings. The summed E-state index contributed by atoms with van der Waals surface area (Å²) in [5.74, 6) is -0.365. The normalized spacial score (nSPS) is 17.5. The van der Waals surface area contributed by atoms with E-state index in [2.05, 4.69) is 20.1 Å². The van der Waals surface area contributed by atoms with Crippen LogP contribution in [0.5, 0.6) is 0 Å². The van der Waals surface area contributed by atoms with Gasteiger partial charge in [-0.25, -0.2) is 23.3 Å². The fraction of sp³-hybridized carbons (Fsp3) is 0.353. The van der Waals surface area contributed by atoms with Crippen LogP contribution in [0.3, 0.4) is 0 Å². The highest BCUT2D eigenvalue weighted by atomic mass is 35.5. The van der Waals surface area contributed by atoms with Gasteiger partial charge < -0.3 is 4.90 Å². The van der Waals surface area contributed by atoms with Crippen LogP contribution in [-0.4, -0.2) is 48.5 Å². The summed E-state index contributed by atoms with van der Waals surface area (Å²) < 4.78 is 27.9. The van der Waals surface area contributed by atoms with E-state index in [-0.39, 0.29) is 39.0 Å². The average Bonchev–Trinajstić information content (AvgIpc) is 3.17. The van der Waals surface area contributed by atoms with Gasteiger partial charge in [0.15, 0.2) is 0 Å². The first kappa shape index (κ1) is 18.9. The van der Waals surface area contributed by atoms with E-state index in [0.29, 0.717) is 25.2 Å². The highest BCUT2D eigenvalue weighted by molar-refractivity contribution is 6.35. The van der Waals surface area contributed by atoms with E-state index in [9.17, 15) is 13.6 Å². The van der Waals surface area contributed by atoms with E-state index in [1.54, 1.807) is 4.90 Å². The Morgan fingerprint density at radius 2 is 2.07 bits per heavy atom. The lowest BCUT2D eigenvalue weighted by atomic mass is 9.93. The minimum Gasteiger partial charge on any atom is -0.338 e. The smallest absolute Gasteiger partial charge is 0.280 e. The van der Waals surface area contributed by atoms with Crippen molar-refractivity contribution in [2.75, 3.05) is 13.1 Å². The minimum atomic E-state index is -2.72. The summed E-state index contributed by atoms with van der Waals surface area (Å²) in [7, 11) is 0. The first-order valence-electron chi connectivity index (χ1n) is 8.53. The van der Waals surface area contributed by atoms with Gasteiger partial charge in [-0.05, 0) is 25.0 Å². The van der Waals surface area contributed by atoms with Gasteiger partial charge in [-0.3, -0.25) is 4.79 Å². The van der Waals surface area contributed by atoms with E-state index in [0.717, 1.165) is 6.42 Å². The molecule has 1 saturated heterocycles. The number of halogens is 4. The van der Waals surface area contributed by atoms with Gasteiger partial charge in [0.25, 0.3) is 18.1 Å². The number of alkyl halides is 2. The fourth-order valence-corrected chi connectivity index (χ4v) is 3.75. The largest absolute Gasteiger partial charge is 0.338 e. The van der Waals surface area contributed by atoms with Crippen LogP contribution in [0.25, 0.3) is 5.78 Å². The van der Waals surface area contributed by atoms with Crippen LogP contribution in [0.2, 0.25) is 10.2 Å². The average molecular weight is 427 g/mol. The number of likely N-dealkylation sites (tertiary alicyclic amines) is 1. The number of carbonyl (C=O) groups is 1. The van der Waals surface area contributed by atoms with E-state index in [1.165, 1.54) is 29.2 Å². The van der Waals surface area contributed by atoms with Gasteiger partial charge in [-0.2, -0.15) is 10.1 Å². The first-order valence-corrected chi connectivity index (χ1v) is 9.28. The molecule has 7 nitrogen and oxygen atoms in total. The Morgan fingerprint density at radius 3 is 2.86 bits per heavy atom. The maximum Gasteiger partial charge on any atom is 0.280 e. The van der Waals surface area contributed by atoms with Gasteiger partial charge in [-0.15, -0.1) is 0 Å². The van der Waals surface area contributed by atoms with Crippen molar-refractivity contribution in [3.8, 4) is 0 Å². The monoisotopic (exact) mass is 426 g/mol. The molecule has 0 saturated carbocycles. The Morgan fingerprint density at radius 1 is 1.25 bits per heavy atom. The van der Waals surface area contributed by atoms with Crippen molar-refractivity contribution in [3.05, 3.63) is 51.8 Å². The maximum atomic E-state index is 13.2. The maximum absolute atomic E-state index is 13.2. The SMILES string of the molecule is O=C(c1cc(Cl)ncc1Cl)N1CCC[C@H](c2cc(C(F)F)nc3ncnn23)C1. The van der Waals surface area contributed by atoms with Crippen molar-refractivity contribution in [3.63, 3.8) is 0 Å². The molecule has 28 heavy (non-hydrogen) atoms. The summed E-state index contributed by atoms with van der Waals surface area (Å²) in [6, 6.07) is 2.76. The molecular formula is C17H14Cl2F2N6O. The van der Waals surface area contributed by atoms with E-state index in [1.807, 2.05) is 0 Å². The number of aromatic nitrogens is 5. The molecule has 1 aliphatic heterocycles. The molecule has 1 fully saturated rings. The third-order valence-electron chi connectivity index (χ3n) is 4.70. The van der Waals surface area contributed by atoms with Crippen molar-refractivity contribution in [2.45, 2.75) is 25.2 Å². The van der Waals surface area contributed by atoms with Crippen LogP contribution in [0.4, 0.5) is 8.78 Å². The Kier molecular flexibility index (Phi) is 5.11. The van der Waals surface area contributed by atoms with Crippen LogP contribution in [0, 0.1) is 0 Å². The molecule has 3 aromatic heterocycles. The summed E-state index contributed by atoms with van der Waals surface area (Å²) in [6.07, 6.45) is 1.30. The highest BCUT2D eigenvalue weighted by Crippen LogP contribution is 2.31. The van der Waals surface area contributed by atoms with Crippen LogP contribution < -0.4 is 0 Å². The minimum absolute atomic E-state index is 0.111. The number of carbonyl (C=O) groups excluding carboxylic acids is 1. The number of hydrogen-bond donors (Lipinski definition) is 0. The third kappa shape index (κ3) is 3.51. The van der Waals surface area contributed by atoms with Crippen molar-refractivity contribution in [1.29, 1.82) is 0 Å².